The van der Waals surface area contributed by atoms with E-state index in [2.05, 4.69) is 10.4 Å². The summed E-state index contributed by atoms with van der Waals surface area (Å²) in [7, 11) is 0. The molecule has 7 nitrogen and oxygen atoms in total. The number of hydrogen-bond donors (Lipinski definition) is 1. The molecular formula is C22H34N4O3. The van der Waals surface area contributed by atoms with Gasteiger partial charge >= 0.3 is 0 Å². The summed E-state index contributed by atoms with van der Waals surface area (Å²) in [6, 6.07) is 0. The van der Waals surface area contributed by atoms with E-state index >= 15 is 0 Å². The fourth-order valence-corrected chi connectivity index (χ4v) is 4.88. The Balaban J connectivity index is 1.27. The van der Waals surface area contributed by atoms with E-state index in [1.54, 1.807) is 6.20 Å². The molecule has 1 aromatic heterocycles. The largest absolute Gasteiger partial charge is 0.375 e. The van der Waals surface area contributed by atoms with Gasteiger partial charge in [0.05, 0.1) is 17.4 Å². The maximum Gasteiger partial charge on any atom is 0.257 e. The van der Waals surface area contributed by atoms with Gasteiger partial charge in [-0.2, -0.15) is 5.10 Å². The van der Waals surface area contributed by atoms with Gasteiger partial charge < -0.3 is 15.0 Å². The molecule has 2 amide bonds. The van der Waals surface area contributed by atoms with E-state index in [-0.39, 0.29) is 23.3 Å². The average molecular weight is 403 g/mol. The van der Waals surface area contributed by atoms with Gasteiger partial charge in [-0.1, -0.05) is 0 Å². The van der Waals surface area contributed by atoms with E-state index in [0.29, 0.717) is 5.92 Å². The Morgan fingerprint density at radius 1 is 1.28 bits per heavy atom. The fourth-order valence-electron chi connectivity index (χ4n) is 4.88. The highest BCUT2D eigenvalue weighted by atomic mass is 16.5. The third kappa shape index (κ3) is 4.49. The monoisotopic (exact) mass is 402 g/mol. The van der Waals surface area contributed by atoms with Crippen molar-refractivity contribution in [3.63, 3.8) is 0 Å². The molecule has 3 aliphatic rings. The van der Waals surface area contributed by atoms with Crippen molar-refractivity contribution in [2.75, 3.05) is 26.2 Å². The van der Waals surface area contributed by atoms with Gasteiger partial charge in [-0.05, 0) is 64.7 Å². The van der Waals surface area contributed by atoms with Crippen molar-refractivity contribution in [1.82, 2.24) is 20.0 Å². The molecule has 1 N–H and O–H groups in total. The van der Waals surface area contributed by atoms with E-state index in [1.807, 2.05) is 23.4 Å². The summed E-state index contributed by atoms with van der Waals surface area (Å²) in [6.45, 7) is 7.82. The third-order valence-electron chi connectivity index (χ3n) is 6.99. The van der Waals surface area contributed by atoms with Crippen molar-refractivity contribution < 1.29 is 14.3 Å². The van der Waals surface area contributed by atoms with Gasteiger partial charge in [0.2, 0.25) is 5.91 Å². The first kappa shape index (κ1) is 20.4. The smallest absolute Gasteiger partial charge is 0.257 e. The number of carbonyl (C=O) groups excluding carboxylic acids is 2. The zero-order valence-corrected chi connectivity index (χ0v) is 17.8. The van der Waals surface area contributed by atoms with Gasteiger partial charge in [0, 0.05) is 44.4 Å². The van der Waals surface area contributed by atoms with Gasteiger partial charge in [-0.25, -0.2) is 0 Å². The van der Waals surface area contributed by atoms with Gasteiger partial charge in [0.25, 0.3) is 5.91 Å². The van der Waals surface area contributed by atoms with Gasteiger partial charge in [0.1, 0.15) is 0 Å². The van der Waals surface area contributed by atoms with Crippen LogP contribution >= 0.6 is 0 Å². The van der Waals surface area contributed by atoms with Crippen molar-refractivity contribution in [2.24, 2.45) is 11.8 Å². The molecule has 0 bridgehead atoms. The molecule has 4 rings (SSSR count). The van der Waals surface area contributed by atoms with Crippen molar-refractivity contribution in [1.29, 1.82) is 0 Å². The predicted octanol–water partition coefficient (Wildman–Crippen LogP) is 2.53. The maximum atomic E-state index is 12.9. The number of nitrogens with one attached hydrogen (secondary N) is 1. The summed E-state index contributed by atoms with van der Waals surface area (Å²) in [6.07, 6.45) is 8.74. The third-order valence-corrected chi connectivity index (χ3v) is 6.99. The molecule has 1 unspecified atom stereocenters. The van der Waals surface area contributed by atoms with E-state index in [4.69, 9.17) is 4.74 Å². The van der Waals surface area contributed by atoms with Crippen LogP contribution in [-0.4, -0.2) is 58.3 Å². The Hall–Kier alpha value is -1.89. The zero-order valence-electron chi connectivity index (χ0n) is 17.8. The lowest BCUT2D eigenvalue weighted by Crippen LogP contribution is -2.51. The Morgan fingerprint density at radius 3 is 2.69 bits per heavy atom. The van der Waals surface area contributed by atoms with Crippen LogP contribution in [0.2, 0.25) is 0 Å². The van der Waals surface area contributed by atoms with Crippen LogP contribution in [0.1, 0.15) is 67.9 Å². The first-order valence-corrected chi connectivity index (χ1v) is 11.2. The number of nitrogens with zero attached hydrogens (tertiary/aromatic N) is 3. The number of aryl methyl sites for hydroxylation is 1. The van der Waals surface area contributed by atoms with Crippen LogP contribution < -0.4 is 5.32 Å². The second-order valence-corrected chi connectivity index (χ2v) is 9.00. The first-order valence-electron chi connectivity index (χ1n) is 11.2. The standard InChI is InChI=1S/C22H34N4O3/c1-3-26-16(2)19(15-24-26)21(28)25-11-8-22(9-12-25)14-17(7-13-29-22)6-10-23-20(27)18-4-5-18/h15,17-18H,3-14H2,1-2H3,(H,23,27). The molecule has 1 saturated carbocycles. The minimum absolute atomic E-state index is 0.0900. The Bertz CT molecular complexity index is 747. The first-order chi connectivity index (χ1) is 14.0. The maximum absolute atomic E-state index is 12.9. The van der Waals surface area contributed by atoms with Crippen molar-refractivity contribution in [3.8, 4) is 0 Å². The normalized spacial score (nSPS) is 23.9. The van der Waals surface area contributed by atoms with Crippen LogP contribution in [0.4, 0.5) is 0 Å². The molecule has 1 aromatic rings. The van der Waals surface area contributed by atoms with Crippen molar-refractivity contribution in [2.45, 2.75) is 70.9 Å². The highest BCUT2D eigenvalue weighted by Gasteiger charge is 2.41. The molecule has 2 saturated heterocycles. The molecular weight excluding hydrogens is 368 g/mol. The van der Waals surface area contributed by atoms with Crippen LogP contribution in [0.5, 0.6) is 0 Å². The number of ether oxygens (including phenoxy) is 1. The summed E-state index contributed by atoms with van der Waals surface area (Å²) in [5.41, 5.74) is 1.57. The second-order valence-electron chi connectivity index (χ2n) is 9.00. The molecule has 160 valence electrons. The minimum atomic E-state index is -0.0944. The summed E-state index contributed by atoms with van der Waals surface area (Å²) >= 11 is 0. The molecule has 1 spiro atoms. The number of likely N-dealkylation sites (tertiary alicyclic amines) is 1. The summed E-state index contributed by atoms with van der Waals surface area (Å²) in [4.78, 5) is 26.7. The number of hydrogen-bond acceptors (Lipinski definition) is 4. The molecule has 0 aromatic carbocycles. The summed E-state index contributed by atoms with van der Waals surface area (Å²) in [5.74, 6) is 1.20. The number of rotatable bonds is 6. The van der Waals surface area contributed by atoms with Crippen LogP contribution in [0.15, 0.2) is 6.20 Å². The summed E-state index contributed by atoms with van der Waals surface area (Å²) < 4.78 is 8.12. The number of aromatic nitrogens is 2. The quantitative estimate of drug-likeness (QED) is 0.793. The Kier molecular flexibility index (Phi) is 5.95. The van der Waals surface area contributed by atoms with Crippen LogP contribution in [0.3, 0.4) is 0 Å². The number of carbonyl (C=O) groups is 2. The second kappa shape index (κ2) is 8.46. The minimum Gasteiger partial charge on any atom is -0.375 e. The van der Waals surface area contributed by atoms with Crippen molar-refractivity contribution in [3.05, 3.63) is 17.5 Å². The average Bonchev–Trinajstić information content (AvgIpc) is 3.51. The molecule has 2 aliphatic heterocycles. The van der Waals surface area contributed by atoms with Crippen LogP contribution in [0, 0.1) is 18.8 Å². The lowest BCUT2D eigenvalue weighted by atomic mass is 9.78. The van der Waals surface area contributed by atoms with Crippen LogP contribution in [-0.2, 0) is 16.1 Å². The van der Waals surface area contributed by atoms with Gasteiger partial charge in [-0.3, -0.25) is 14.3 Å². The van der Waals surface area contributed by atoms with Gasteiger partial charge in [0.15, 0.2) is 0 Å². The van der Waals surface area contributed by atoms with Crippen LogP contribution in [0.25, 0.3) is 0 Å². The molecule has 7 heteroatoms. The highest BCUT2D eigenvalue weighted by molar-refractivity contribution is 5.95. The molecule has 1 aliphatic carbocycles. The molecule has 3 heterocycles. The molecule has 1 atom stereocenters. The van der Waals surface area contributed by atoms with E-state index < -0.39 is 0 Å². The number of piperidine rings is 1. The Labute approximate surface area is 173 Å². The lowest BCUT2D eigenvalue weighted by molar-refractivity contribution is -0.125. The molecule has 29 heavy (non-hydrogen) atoms. The van der Waals surface area contributed by atoms with E-state index in [1.165, 1.54) is 0 Å². The van der Waals surface area contributed by atoms with E-state index in [9.17, 15) is 9.59 Å². The number of amides is 2. The Morgan fingerprint density at radius 2 is 2.03 bits per heavy atom. The SMILES string of the molecule is CCn1ncc(C(=O)N2CCC3(CC2)CC(CCNC(=O)C2CC2)CCO3)c1C. The van der Waals surface area contributed by atoms with E-state index in [0.717, 1.165) is 89.0 Å². The lowest BCUT2D eigenvalue weighted by Gasteiger charge is -2.46. The predicted molar refractivity (Wildman–Crippen MR) is 110 cm³/mol. The molecule has 3 fully saturated rings. The highest BCUT2D eigenvalue weighted by Crippen LogP contribution is 2.39. The zero-order chi connectivity index (χ0) is 20.4. The topological polar surface area (TPSA) is 76.5 Å². The van der Waals surface area contributed by atoms with Gasteiger partial charge in [-0.15, -0.1) is 0 Å². The van der Waals surface area contributed by atoms with Crippen molar-refractivity contribution >= 4 is 11.8 Å². The summed E-state index contributed by atoms with van der Waals surface area (Å²) in [5, 5.41) is 7.41. The molecule has 0 radical (unpaired) electrons. The fraction of sp³-hybridized carbons (Fsp3) is 0.773.